The highest BCUT2D eigenvalue weighted by Gasteiger charge is 2.03. The van der Waals surface area contributed by atoms with Crippen LogP contribution in [-0.4, -0.2) is 23.1 Å². The van der Waals surface area contributed by atoms with Crippen LogP contribution < -0.4 is 10.6 Å². The van der Waals surface area contributed by atoms with E-state index in [1.54, 1.807) is 0 Å². The summed E-state index contributed by atoms with van der Waals surface area (Å²) >= 11 is 0. The minimum atomic E-state index is 0.797. The molecule has 1 aromatic heterocycles. The molecule has 1 rings (SSSR count). The molecule has 4 heteroatoms. The molecule has 2 N–H and O–H groups in total. The Morgan fingerprint density at radius 3 is 2.35 bits per heavy atom. The molecule has 0 atom stereocenters. The summed E-state index contributed by atoms with van der Waals surface area (Å²) in [6.07, 6.45) is 5.78. The van der Waals surface area contributed by atoms with Gasteiger partial charge in [-0.3, -0.25) is 0 Å². The third kappa shape index (κ3) is 6.73. The van der Waals surface area contributed by atoms with E-state index in [9.17, 15) is 0 Å². The van der Waals surface area contributed by atoms with Crippen LogP contribution in [0.5, 0.6) is 0 Å². The Kier molecular flexibility index (Phi) is 8.00. The number of anilines is 2. The van der Waals surface area contributed by atoms with Crippen molar-refractivity contribution in [3.63, 3.8) is 0 Å². The van der Waals surface area contributed by atoms with Crippen molar-refractivity contribution >= 4 is 11.6 Å². The van der Waals surface area contributed by atoms with Gasteiger partial charge < -0.3 is 10.6 Å². The summed E-state index contributed by atoms with van der Waals surface area (Å²) in [7, 11) is 0. The predicted octanol–water partition coefficient (Wildman–Crippen LogP) is 4.10. The summed E-state index contributed by atoms with van der Waals surface area (Å²) < 4.78 is 0. The van der Waals surface area contributed by atoms with Crippen LogP contribution in [0.25, 0.3) is 0 Å². The molecule has 114 valence electrons. The van der Waals surface area contributed by atoms with Gasteiger partial charge >= 0.3 is 0 Å². The first-order chi connectivity index (χ1) is 9.65. The number of unbranched alkanes of at least 4 members (excludes halogenated alkanes) is 1. The lowest BCUT2D eigenvalue weighted by Gasteiger charge is -2.10. The van der Waals surface area contributed by atoms with Gasteiger partial charge in [-0.05, 0) is 25.7 Å². The molecule has 0 aliphatic carbocycles. The fourth-order valence-corrected chi connectivity index (χ4v) is 2.09. The van der Waals surface area contributed by atoms with Gasteiger partial charge in [0.05, 0.1) is 0 Å². The molecule has 0 saturated carbocycles. The molecule has 0 spiro atoms. The fraction of sp³-hybridized carbons (Fsp3) is 0.750. The molecule has 0 aromatic carbocycles. The summed E-state index contributed by atoms with van der Waals surface area (Å²) in [5.41, 5.74) is 0. The summed E-state index contributed by atoms with van der Waals surface area (Å²) in [6.45, 7) is 10.7. The second kappa shape index (κ2) is 9.56. The average Bonchev–Trinajstić information content (AvgIpc) is 2.38. The Hall–Kier alpha value is -1.32. The minimum absolute atomic E-state index is 0.797. The van der Waals surface area contributed by atoms with Crippen molar-refractivity contribution < 1.29 is 0 Å². The molecule has 0 saturated heterocycles. The largest absolute Gasteiger partial charge is 0.370 e. The van der Waals surface area contributed by atoms with Crippen LogP contribution in [0.2, 0.25) is 0 Å². The zero-order valence-corrected chi connectivity index (χ0v) is 13.5. The molecule has 0 aliphatic heterocycles. The number of hydrogen-bond acceptors (Lipinski definition) is 4. The third-order valence-corrected chi connectivity index (χ3v) is 3.12. The number of aromatic nitrogens is 2. The van der Waals surface area contributed by atoms with Crippen LogP contribution in [0.1, 0.15) is 59.2 Å². The Labute approximate surface area is 123 Å². The first-order valence-electron chi connectivity index (χ1n) is 8.01. The lowest BCUT2D eigenvalue weighted by molar-refractivity contribution is 0.544. The topological polar surface area (TPSA) is 49.8 Å². The van der Waals surface area contributed by atoms with Gasteiger partial charge in [0.25, 0.3) is 0 Å². The normalized spacial score (nSPS) is 10.8. The van der Waals surface area contributed by atoms with E-state index in [1.165, 1.54) is 19.3 Å². The van der Waals surface area contributed by atoms with E-state index in [1.807, 2.05) is 6.07 Å². The average molecular weight is 278 g/mol. The maximum atomic E-state index is 4.58. The SMILES string of the molecule is CCCc1nc(NCC)cc(NCCCCC(C)C)n1. The Balaban J connectivity index is 2.50. The number of rotatable bonds is 10. The summed E-state index contributed by atoms with van der Waals surface area (Å²) in [5, 5.41) is 6.70. The molecule has 4 nitrogen and oxygen atoms in total. The lowest BCUT2D eigenvalue weighted by atomic mass is 10.1. The van der Waals surface area contributed by atoms with Crippen LogP contribution in [-0.2, 0) is 6.42 Å². The molecular weight excluding hydrogens is 248 g/mol. The minimum Gasteiger partial charge on any atom is -0.370 e. The smallest absolute Gasteiger partial charge is 0.133 e. The van der Waals surface area contributed by atoms with E-state index < -0.39 is 0 Å². The molecule has 20 heavy (non-hydrogen) atoms. The van der Waals surface area contributed by atoms with Crippen molar-refractivity contribution in [2.24, 2.45) is 5.92 Å². The maximum absolute atomic E-state index is 4.58. The first-order valence-corrected chi connectivity index (χ1v) is 8.01. The molecular formula is C16H30N4. The van der Waals surface area contributed by atoms with E-state index in [4.69, 9.17) is 0 Å². The van der Waals surface area contributed by atoms with E-state index in [0.29, 0.717) is 0 Å². The Morgan fingerprint density at radius 1 is 1.05 bits per heavy atom. The molecule has 1 heterocycles. The van der Waals surface area contributed by atoms with Crippen LogP contribution in [0, 0.1) is 5.92 Å². The molecule has 0 radical (unpaired) electrons. The van der Waals surface area contributed by atoms with Gasteiger partial charge in [-0.25, -0.2) is 9.97 Å². The van der Waals surface area contributed by atoms with Gasteiger partial charge in [0.15, 0.2) is 0 Å². The molecule has 0 amide bonds. The standard InChI is InChI=1S/C16H30N4/c1-5-9-14-19-15(17-6-2)12-16(20-14)18-11-8-7-10-13(3)4/h12-13H,5-11H2,1-4H3,(H2,17,18,19,20). The molecule has 0 aliphatic rings. The van der Waals surface area contributed by atoms with E-state index in [2.05, 4.69) is 48.3 Å². The second-order valence-corrected chi connectivity index (χ2v) is 5.65. The van der Waals surface area contributed by atoms with Crippen LogP contribution in [0.4, 0.5) is 11.6 Å². The van der Waals surface area contributed by atoms with Crippen LogP contribution in [0.3, 0.4) is 0 Å². The van der Waals surface area contributed by atoms with Crippen LogP contribution >= 0.6 is 0 Å². The summed E-state index contributed by atoms with van der Waals surface area (Å²) in [6, 6.07) is 2.01. The van der Waals surface area contributed by atoms with Gasteiger partial charge in [-0.1, -0.05) is 33.6 Å². The monoisotopic (exact) mass is 278 g/mol. The molecule has 0 fully saturated rings. The predicted molar refractivity (Wildman–Crippen MR) is 87.4 cm³/mol. The van der Waals surface area contributed by atoms with Crippen molar-refractivity contribution in [2.75, 3.05) is 23.7 Å². The summed E-state index contributed by atoms with van der Waals surface area (Å²) in [5.74, 6) is 3.60. The van der Waals surface area contributed by atoms with Crippen molar-refractivity contribution in [3.05, 3.63) is 11.9 Å². The van der Waals surface area contributed by atoms with Gasteiger partial charge in [0, 0.05) is 25.6 Å². The van der Waals surface area contributed by atoms with Crippen molar-refractivity contribution in [3.8, 4) is 0 Å². The van der Waals surface area contributed by atoms with E-state index in [0.717, 1.165) is 49.3 Å². The van der Waals surface area contributed by atoms with E-state index >= 15 is 0 Å². The first kappa shape index (κ1) is 16.7. The number of nitrogens with one attached hydrogen (secondary N) is 2. The zero-order chi connectivity index (χ0) is 14.8. The quantitative estimate of drug-likeness (QED) is 0.633. The Morgan fingerprint density at radius 2 is 1.75 bits per heavy atom. The zero-order valence-electron chi connectivity index (χ0n) is 13.5. The maximum Gasteiger partial charge on any atom is 0.133 e. The highest BCUT2D eigenvalue weighted by Crippen LogP contribution is 2.13. The molecule has 1 aromatic rings. The fourth-order valence-electron chi connectivity index (χ4n) is 2.09. The van der Waals surface area contributed by atoms with E-state index in [-0.39, 0.29) is 0 Å². The number of hydrogen-bond donors (Lipinski definition) is 2. The molecule has 0 bridgehead atoms. The number of nitrogens with zero attached hydrogens (tertiary/aromatic N) is 2. The second-order valence-electron chi connectivity index (χ2n) is 5.65. The molecule has 0 unspecified atom stereocenters. The van der Waals surface area contributed by atoms with Gasteiger partial charge in [-0.2, -0.15) is 0 Å². The lowest BCUT2D eigenvalue weighted by Crippen LogP contribution is -2.09. The highest BCUT2D eigenvalue weighted by atomic mass is 15.1. The van der Waals surface area contributed by atoms with Gasteiger partial charge in [0.2, 0.25) is 0 Å². The Bertz CT molecular complexity index is 352. The van der Waals surface area contributed by atoms with Crippen molar-refractivity contribution in [1.29, 1.82) is 0 Å². The van der Waals surface area contributed by atoms with Crippen LogP contribution in [0.15, 0.2) is 6.07 Å². The third-order valence-electron chi connectivity index (χ3n) is 3.12. The van der Waals surface area contributed by atoms with Crippen molar-refractivity contribution in [2.45, 2.75) is 59.8 Å². The van der Waals surface area contributed by atoms with Gasteiger partial charge in [0.1, 0.15) is 17.5 Å². The number of aryl methyl sites for hydroxylation is 1. The highest BCUT2D eigenvalue weighted by molar-refractivity contribution is 5.47. The summed E-state index contributed by atoms with van der Waals surface area (Å²) in [4.78, 5) is 9.09. The van der Waals surface area contributed by atoms with Gasteiger partial charge in [-0.15, -0.1) is 0 Å². The van der Waals surface area contributed by atoms with Crippen molar-refractivity contribution in [1.82, 2.24) is 9.97 Å².